The van der Waals surface area contributed by atoms with Crippen molar-refractivity contribution in [3.63, 3.8) is 0 Å². The van der Waals surface area contributed by atoms with Gasteiger partial charge in [-0.25, -0.2) is 0 Å². The molecule has 2 aliphatic heterocycles. The molecule has 0 radical (unpaired) electrons. The molecule has 1 amide bonds. The number of nitrogens with zero attached hydrogens (tertiary/aromatic N) is 1. The molecule has 1 unspecified atom stereocenters. The third-order valence-corrected chi connectivity index (χ3v) is 4.18. The van der Waals surface area contributed by atoms with Crippen LogP contribution in [0.5, 0.6) is 0 Å². The summed E-state index contributed by atoms with van der Waals surface area (Å²) in [6.45, 7) is 6.66. The number of hydrogen-bond donors (Lipinski definition) is 2. The van der Waals surface area contributed by atoms with Gasteiger partial charge in [-0.15, -0.1) is 0 Å². The third kappa shape index (κ3) is 5.28. The number of morpholine rings is 2. The van der Waals surface area contributed by atoms with E-state index in [1.165, 1.54) is 5.56 Å². The van der Waals surface area contributed by atoms with E-state index in [0.717, 1.165) is 51.7 Å². The van der Waals surface area contributed by atoms with E-state index in [4.69, 9.17) is 9.47 Å². The number of carbonyl (C=O) groups is 1. The van der Waals surface area contributed by atoms with Crippen LogP contribution < -0.4 is 10.6 Å². The lowest BCUT2D eigenvalue weighted by molar-refractivity contribution is -0.117. The van der Waals surface area contributed by atoms with Crippen LogP contribution in [0.1, 0.15) is 12.0 Å². The average molecular weight is 319 g/mol. The van der Waals surface area contributed by atoms with Gasteiger partial charge in [0.05, 0.1) is 26.4 Å². The molecule has 6 heteroatoms. The van der Waals surface area contributed by atoms with E-state index >= 15 is 0 Å². The molecule has 0 aliphatic carbocycles. The Morgan fingerprint density at radius 1 is 1.17 bits per heavy atom. The van der Waals surface area contributed by atoms with Gasteiger partial charge in [-0.1, -0.05) is 12.1 Å². The Morgan fingerprint density at radius 2 is 1.96 bits per heavy atom. The van der Waals surface area contributed by atoms with Crippen molar-refractivity contribution in [1.29, 1.82) is 0 Å². The van der Waals surface area contributed by atoms with Crippen LogP contribution in [0.15, 0.2) is 24.3 Å². The Morgan fingerprint density at radius 3 is 2.65 bits per heavy atom. The maximum atomic E-state index is 12.1. The molecule has 0 aromatic heterocycles. The summed E-state index contributed by atoms with van der Waals surface area (Å²) in [6, 6.07) is 8.21. The fourth-order valence-corrected chi connectivity index (χ4v) is 2.90. The lowest BCUT2D eigenvalue weighted by Gasteiger charge is -2.26. The minimum atomic E-state index is 0.0222. The predicted octanol–water partition coefficient (Wildman–Crippen LogP) is 0.836. The van der Waals surface area contributed by atoms with E-state index in [1.807, 2.05) is 12.1 Å². The van der Waals surface area contributed by atoms with Crippen molar-refractivity contribution in [1.82, 2.24) is 10.2 Å². The molecule has 2 saturated heterocycles. The maximum Gasteiger partial charge on any atom is 0.226 e. The zero-order valence-electron chi connectivity index (χ0n) is 13.4. The second kappa shape index (κ2) is 8.40. The first kappa shape index (κ1) is 16.4. The van der Waals surface area contributed by atoms with Crippen molar-refractivity contribution in [3.8, 4) is 0 Å². The van der Waals surface area contributed by atoms with E-state index in [0.29, 0.717) is 13.0 Å². The van der Waals surface area contributed by atoms with Crippen molar-refractivity contribution in [2.24, 2.45) is 0 Å². The lowest BCUT2D eigenvalue weighted by Crippen LogP contribution is -2.43. The molecule has 1 atom stereocenters. The highest BCUT2D eigenvalue weighted by Crippen LogP contribution is 2.13. The summed E-state index contributed by atoms with van der Waals surface area (Å²) in [5.74, 6) is 0.0222. The molecule has 2 fully saturated rings. The molecule has 23 heavy (non-hydrogen) atoms. The van der Waals surface area contributed by atoms with Gasteiger partial charge in [0, 0.05) is 44.3 Å². The van der Waals surface area contributed by atoms with Crippen molar-refractivity contribution in [2.45, 2.75) is 19.0 Å². The van der Waals surface area contributed by atoms with Crippen LogP contribution in [0, 0.1) is 0 Å². The first-order chi connectivity index (χ1) is 11.3. The van der Waals surface area contributed by atoms with Crippen molar-refractivity contribution < 1.29 is 14.3 Å². The van der Waals surface area contributed by atoms with Crippen LogP contribution in [0.2, 0.25) is 0 Å². The average Bonchev–Trinajstić information content (AvgIpc) is 2.58. The van der Waals surface area contributed by atoms with Gasteiger partial charge in [0.25, 0.3) is 0 Å². The van der Waals surface area contributed by atoms with Gasteiger partial charge in [-0.3, -0.25) is 9.69 Å². The molecule has 0 saturated carbocycles. The summed E-state index contributed by atoms with van der Waals surface area (Å²) in [5, 5.41) is 6.24. The number of benzene rings is 1. The lowest BCUT2D eigenvalue weighted by atomic mass is 10.1. The summed E-state index contributed by atoms with van der Waals surface area (Å²) in [4.78, 5) is 14.4. The number of carbonyl (C=O) groups excluding carboxylic acids is 1. The van der Waals surface area contributed by atoms with Crippen molar-refractivity contribution in [3.05, 3.63) is 29.8 Å². The molecule has 0 bridgehead atoms. The number of amides is 1. The number of anilines is 1. The van der Waals surface area contributed by atoms with Gasteiger partial charge in [-0.05, 0) is 17.7 Å². The molecular weight excluding hydrogens is 294 g/mol. The molecule has 2 N–H and O–H groups in total. The fourth-order valence-electron chi connectivity index (χ4n) is 2.90. The summed E-state index contributed by atoms with van der Waals surface area (Å²) < 4.78 is 10.7. The van der Waals surface area contributed by atoms with E-state index in [9.17, 15) is 4.79 Å². The topological polar surface area (TPSA) is 62.8 Å². The second-order valence-electron chi connectivity index (χ2n) is 6.06. The number of rotatable bonds is 5. The Kier molecular flexibility index (Phi) is 5.99. The van der Waals surface area contributed by atoms with Gasteiger partial charge in [0.2, 0.25) is 5.91 Å². The van der Waals surface area contributed by atoms with Crippen LogP contribution in [0.3, 0.4) is 0 Å². The predicted molar refractivity (Wildman–Crippen MR) is 88.4 cm³/mol. The first-order valence-corrected chi connectivity index (χ1v) is 8.29. The van der Waals surface area contributed by atoms with E-state index < -0.39 is 0 Å². The van der Waals surface area contributed by atoms with Gasteiger partial charge in [-0.2, -0.15) is 0 Å². The minimum Gasteiger partial charge on any atom is -0.379 e. The Labute approximate surface area is 137 Å². The van der Waals surface area contributed by atoms with Gasteiger partial charge >= 0.3 is 0 Å². The van der Waals surface area contributed by atoms with Crippen LogP contribution in [0.4, 0.5) is 5.69 Å². The third-order valence-electron chi connectivity index (χ3n) is 4.18. The molecule has 1 aromatic carbocycles. The molecule has 6 nitrogen and oxygen atoms in total. The molecule has 3 rings (SSSR count). The highest BCUT2D eigenvalue weighted by Gasteiger charge is 2.17. The van der Waals surface area contributed by atoms with Crippen LogP contribution in [0.25, 0.3) is 0 Å². The van der Waals surface area contributed by atoms with E-state index in [1.54, 1.807) is 0 Å². The fraction of sp³-hybridized carbons (Fsp3) is 0.588. The zero-order chi connectivity index (χ0) is 15.9. The van der Waals surface area contributed by atoms with Crippen LogP contribution in [-0.2, 0) is 20.8 Å². The van der Waals surface area contributed by atoms with Gasteiger partial charge in [0.15, 0.2) is 0 Å². The Balaban J connectivity index is 1.45. The number of nitrogens with one attached hydrogen (secondary N) is 2. The maximum absolute atomic E-state index is 12.1. The number of ether oxygens (including phenoxy) is 2. The van der Waals surface area contributed by atoms with Crippen molar-refractivity contribution >= 4 is 11.6 Å². The molecular formula is C17H25N3O3. The Bertz CT molecular complexity index is 494. The van der Waals surface area contributed by atoms with Gasteiger partial charge in [0.1, 0.15) is 0 Å². The van der Waals surface area contributed by atoms with Gasteiger partial charge < -0.3 is 20.1 Å². The van der Waals surface area contributed by atoms with E-state index in [2.05, 4.69) is 27.7 Å². The monoisotopic (exact) mass is 319 g/mol. The molecule has 1 aromatic rings. The minimum absolute atomic E-state index is 0.0222. The summed E-state index contributed by atoms with van der Waals surface area (Å²) in [7, 11) is 0. The van der Waals surface area contributed by atoms with Crippen molar-refractivity contribution in [2.75, 3.05) is 51.4 Å². The highest BCUT2D eigenvalue weighted by molar-refractivity contribution is 5.91. The van der Waals surface area contributed by atoms with Crippen LogP contribution in [-0.4, -0.2) is 62.9 Å². The smallest absolute Gasteiger partial charge is 0.226 e. The standard InChI is InChI=1S/C17H25N3O3/c21-17(11-16-13-23-8-5-18-16)19-15-3-1-14(2-4-15)12-20-6-9-22-10-7-20/h1-4,16,18H,5-13H2,(H,19,21). The summed E-state index contributed by atoms with van der Waals surface area (Å²) >= 11 is 0. The molecule has 2 aliphatic rings. The SMILES string of the molecule is O=C(CC1COCCN1)Nc1ccc(CN2CCOCC2)cc1. The zero-order valence-corrected chi connectivity index (χ0v) is 13.4. The summed E-state index contributed by atoms with van der Waals surface area (Å²) in [6.07, 6.45) is 0.440. The van der Waals surface area contributed by atoms with Crippen LogP contribution >= 0.6 is 0 Å². The molecule has 2 heterocycles. The summed E-state index contributed by atoms with van der Waals surface area (Å²) in [5.41, 5.74) is 2.10. The second-order valence-corrected chi connectivity index (χ2v) is 6.06. The quantitative estimate of drug-likeness (QED) is 0.842. The number of hydrogen-bond acceptors (Lipinski definition) is 5. The molecule has 0 spiro atoms. The Hall–Kier alpha value is -1.47. The first-order valence-electron chi connectivity index (χ1n) is 8.29. The highest BCUT2D eigenvalue weighted by atomic mass is 16.5. The van der Waals surface area contributed by atoms with E-state index in [-0.39, 0.29) is 11.9 Å². The largest absolute Gasteiger partial charge is 0.379 e. The molecule has 126 valence electrons. The normalized spacial score (nSPS) is 22.7.